The van der Waals surface area contributed by atoms with E-state index in [1.54, 1.807) is 0 Å². The first-order valence-electron chi connectivity index (χ1n) is 9.75. The highest BCUT2D eigenvalue weighted by Gasteiger charge is 2.28. The predicted molar refractivity (Wildman–Crippen MR) is 112 cm³/mol. The molecule has 0 nitrogen and oxygen atoms in total. The molecule has 2 atom stereocenters. The van der Waals surface area contributed by atoms with Gasteiger partial charge in [-0.15, -0.1) is 0 Å². The smallest absolute Gasteiger partial charge is 0.146 e. The van der Waals surface area contributed by atoms with Crippen molar-refractivity contribution in [2.24, 2.45) is 5.92 Å². The molecule has 0 fully saturated rings. The van der Waals surface area contributed by atoms with Gasteiger partial charge in [0.2, 0.25) is 0 Å². The molecule has 1 aliphatic carbocycles. The van der Waals surface area contributed by atoms with E-state index in [1.165, 1.54) is 34.0 Å². The quantitative estimate of drug-likeness (QED) is 0.316. The number of halogens is 3. The third-order valence-electron chi connectivity index (χ3n) is 5.66. The second-order valence-electron chi connectivity index (χ2n) is 7.44. The molecule has 0 N–H and O–H groups in total. The molecule has 28 heavy (non-hydrogen) atoms. The van der Waals surface area contributed by atoms with Crippen LogP contribution in [0, 0.1) is 29.4 Å². The molecule has 3 heteroatoms. The van der Waals surface area contributed by atoms with E-state index in [9.17, 15) is 8.78 Å². The molecule has 0 heterocycles. The summed E-state index contributed by atoms with van der Waals surface area (Å²) >= 11 is 5.59. The van der Waals surface area contributed by atoms with E-state index in [-0.39, 0.29) is 5.92 Å². The third-order valence-corrected chi connectivity index (χ3v) is 6.02. The summed E-state index contributed by atoms with van der Waals surface area (Å²) in [5.74, 6) is 5.33. The van der Waals surface area contributed by atoms with Gasteiger partial charge in [0.1, 0.15) is 16.7 Å². The molecule has 0 aliphatic heterocycles. The van der Waals surface area contributed by atoms with Crippen LogP contribution < -0.4 is 0 Å². The van der Waals surface area contributed by atoms with Gasteiger partial charge in [-0.25, -0.2) is 8.78 Å². The van der Waals surface area contributed by atoms with Crippen LogP contribution in [0.15, 0.2) is 48.5 Å². The monoisotopic (exact) mass is 394 g/mol. The molecule has 0 saturated heterocycles. The molecule has 3 aromatic rings. The van der Waals surface area contributed by atoms with Crippen molar-refractivity contribution in [2.45, 2.75) is 38.5 Å². The molecule has 0 bridgehead atoms. The van der Waals surface area contributed by atoms with Crippen molar-refractivity contribution in [1.82, 2.24) is 0 Å². The Kier molecular flexibility index (Phi) is 5.38. The van der Waals surface area contributed by atoms with Crippen molar-refractivity contribution in [3.05, 3.63) is 81.9 Å². The van der Waals surface area contributed by atoms with Gasteiger partial charge in [0.25, 0.3) is 0 Å². The molecule has 0 unspecified atom stereocenters. The summed E-state index contributed by atoms with van der Waals surface area (Å²) in [6.45, 7) is 2.18. The van der Waals surface area contributed by atoms with Crippen LogP contribution in [0.3, 0.4) is 0 Å². The average molecular weight is 395 g/mol. The molecule has 0 aromatic heterocycles. The molecular formula is C25H21ClF2. The standard InChI is InChI=1S/C25H21ClF2/c1-2-5-17-9-12-21-19-7-4-3-6-18(19)10-13-22(21)20(17)11-8-16-14-23(27)25(26)24(28)15-16/h3-4,6-7,10,13-15,17,20H,2,5,9,12H2,1H3/t17-,20+/m1/s1. The minimum atomic E-state index is -0.772. The Balaban J connectivity index is 1.80. The number of benzene rings is 3. The lowest BCUT2D eigenvalue weighted by molar-refractivity contribution is 0.394. The van der Waals surface area contributed by atoms with Crippen LogP contribution in [0.2, 0.25) is 5.02 Å². The highest BCUT2D eigenvalue weighted by Crippen LogP contribution is 2.41. The van der Waals surface area contributed by atoms with E-state index in [1.807, 2.05) is 0 Å². The summed E-state index contributed by atoms with van der Waals surface area (Å²) in [6.07, 6.45) is 4.31. The fourth-order valence-corrected chi connectivity index (χ4v) is 4.45. The molecule has 4 rings (SSSR count). The second kappa shape index (κ2) is 7.94. The highest BCUT2D eigenvalue weighted by molar-refractivity contribution is 6.30. The second-order valence-corrected chi connectivity index (χ2v) is 7.82. The zero-order chi connectivity index (χ0) is 19.7. The van der Waals surface area contributed by atoms with E-state index in [2.05, 4.69) is 55.2 Å². The first-order chi connectivity index (χ1) is 13.6. The van der Waals surface area contributed by atoms with Gasteiger partial charge in [0.15, 0.2) is 0 Å². The summed E-state index contributed by atoms with van der Waals surface area (Å²) < 4.78 is 27.6. The molecular weight excluding hydrogens is 374 g/mol. The Morgan fingerprint density at radius 2 is 1.82 bits per heavy atom. The van der Waals surface area contributed by atoms with Gasteiger partial charge < -0.3 is 0 Å². The van der Waals surface area contributed by atoms with Crippen molar-refractivity contribution in [2.75, 3.05) is 0 Å². The Morgan fingerprint density at radius 3 is 2.57 bits per heavy atom. The molecule has 3 aromatic carbocycles. The zero-order valence-electron chi connectivity index (χ0n) is 15.7. The lowest BCUT2D eigenvalue weighted by Crippen LogP contribution is -2.20. The molecule has 142 valence electrons. The summed E-state index contributed by atoms with van der Waals surface area (Å²) in [5, 5.41) is 2.04. The summed E-state index contributed by atoms with van der Waals surface area (Å²) in [7, 11) is 0. The Hall–Kier alpha value is -2.37. The van der Waals surface area contributed by atoms with E-state index >= 15 is 0 Å². The van der Waals surface area contributed by atoms with Crippen LogP contribution in [0.25, 0.3) is 10.8 Å². The minimum Gasteiger partial charge on any atom is -0.205 e. The predicted octanol–water partition coefficient (Wildman–Crippen LogP) is 7.27. The summed E-state index contributed by atoms with van der Waals surface area (Å²) in [5.41, 5.74) is 2.94. The zero-order valence-corrected chi connectivity index (χ0v) is 16.5. The van der Waals surface area contributed by atoms with Gasteiger partial charge in [-0.2, -0.15) is 0 Å². The van der Waals surface area contributed by atoms with Gasteiger partial charge in [0.05, 0.1) is 0 Å². The molecule has 0 saturated carbocycles. The van der Waals surface area contributed by atoms with Crippen molar-refractivity contribution < 1.29 is 8.78 Å². The minimum absolute atomic E-state index is 0.0649. The van der Waals surface area contributed by atoms with E-state index in [4.69, 9.17) is 11.6 Å². The third kappa shape index (κ3) is 3.52. The van der Waals surface area contributed by atoms with Crippen molar-refractivity contribution in [3.63, 3.8) is 0 Å². The average Bonchev–Trinajstić information content (AvgIpc) is 2.70. The van der Waals surface area contributed by atoms with Crippen molar-refractivity contribution >= 4 is 22.4 Å². The maximum Gasteiger partial charge on any atom is 0.146 e. The summed E-state index contributed by atoms with van der Waals surface area (Å²) in [6, 6.07) is 15.2. The first-order valence-corrected chi connectivity index (χ1v) is 10.1. The van der Waals surface area contributed by atoms with E-state index < -0.39 is 16.7 Å². The van der Waals surface area contributed by atoms with Crippen LogP contribution in [0.1, 0.15) is 48.8 Å². The fraction of sp³-hybridized carbons (Fsp3) is 0.280. The molecule has 0 radical (unpaired) electrons. The van der Waals surface area contributed by atoms with Crippen LogP contribution in [0.5, 0.6) is 0 Å². The highest BCUT2D eigenvalue weighted by atomic mass is 35.5. The lowest BCUT2D eigenvalue weighted by Gasteiger charge is -2.31. The van der Waals surface area contributed by atoms with Gasteiger partial charge in [-0.05, 0) is 59.2 Å². The Bertz CT molecular complexity index is 1070. The van der Waals surface area contributed by atoms with Crippen LogP contribution in [-0.2, 0) is 6.42 Å². The van der Waals surface area contributed by atoms with E-state index in [0.717, 1.165) is 25.7 Å². The maximum absolute atomic E-state index is 13.8. The first kappa shape index (κ1) is 19.0. The van der Waals surface area contributed by atoms with Gasteiger partial charge in [-0.3, -0.25) is 0 Å². The van der Waals surface area contributed by atoms with Gasteiger partial charge >= 0.3 is 0 Å². The number of fused-ring (bicyclic) bond motifs is 3. The van der Waals surface area contributed by atoms with Crippen LogP contribution >= 0.6 is 11.6 Å². The van der Waals surface area contributed by atoms with E-state index in [0.29, 0.717) is 11.5 Å². The molecule has 0 spiro atoms. The SMILES string of the molecule is CCC[C@@H]1CCc2c(ccc3ccccc23)[C@H]1C#Cc1cc(F)c(Cl)c(F)c1. The largest absolute Gasteiger partial charge is 0.205 e. The van der Waals surface area contributed by atoms with Crippen molar-refractivity contribution in [1.29, 1.82) is 0 Å². The van der Waals surface area contributed by atoms with Gasteiger partial charge in [0, 0.05) is 11.5 Å². The molecule has 1 aliphatic rings. The normalized spacial score (nSPS) is 18.4. The fourth-order valence-electron chi connectivity index (χ4n) is 4.34. The van der Waals surface area contributed by atoms with Crippen molar-refractivity contribution in [3.8, 4) is 11.8 Å². The topological polar surface area (TPSA) is 0 Å². The number of rotatable bonds is 2. The number of aryl methyl sites for hydroxylation is 1. The number of hydrogen-bond acceptors (Lipinski definition) is 0. The lowest BCUT2D eigenvalue weighted by atomic mass is 9.72. The molecule has 0 amide bonds. The summed E-state index contributed by atoms with van der Waals surface area (Å²) in [4.78, 5) is 0. The van der Waals surface area contributed by atoms with Gasteiger partial charge in [-0.1, -0.05) is 73.2 Å². The Morgan fingerprint density at radius 1 is 1.07 bits per heavy atom. The maximum atomic E-state index is 13.8. The Labute approximate surface area is 169 Å². The number of hydrogen-bond donors (Lipinski definition) is 0. The van der Waals surface area contributed by atoms with Crippen LogP contribution in [0.4, 0.5) is 8.78 Å². The van der Waals surface area contributed by atoms with Crippen LogP contribution in [-0.4, -0.2) is 0 Å².